The van der Waals surface area contributed by atoms with Gasteiger partial charge in [0.05, 0.1) is 32.1 Å². The van der Waals surface area contributed by atoms with Crippen LogP contribution in [0.25, 0.3) is 22.0 Å². The molecule has 5 rings (SSSR count). The highest BCUT2D eigenvalue weighted by molar-refractivity contribution is 9.10. The summed E-state index contributed by atoms with van der Waals surface area (Å²) in [7, 11) is 1.47. The first-order valence-electron chi connectivity index (χ1n) is 13.9. The van der Waals surface area contributed by atoms with Crippen LogP contribution in [-0.2, 0) is 0 Å². The Bertz CT molecular complexity index is 1830. The second-order valence-electron chi connectivity index (χ2n) is 9.46. The first-order valence-corrected chi connectivity index (χ1v) is 14.7. The van der Waals surface area contributed by atoms with Gasteiger partial charge in [-0.05, 0) is 79.6 Å². The smallest absolute Gasteiger partial charge is 0.343 e. The molecule has 0 unspecified atom stereocenters. The van der Waals surface area contributed by atoms with Gasteiger partial charge in [0.15, 0.2) is 23.0 Å². The number of hydrazone groups is 1. The van der Waals surface area contributed by atoms with Gasteiger partial charge in [-0.2, -0.15) is 5.10 Å². The molecular weight excluding hydrogens is 626 g/mol. The van der Waals surface area contributed by atoms with Gasteiger partial charge in [-0.25, -0.2) is 10.2 Å². The number of carbonyl (C=O) groups is 2. The number of fused-ring (bicyclic) bond motifs is 1. The first-order chi connectivity index (χ1) is 21.4. The van der Waals surface area contributed by atoms with E-state index in [0.29, 0.717) is 47.3 Å². The van der Waals surface area contributed by atoms with E-state index < -0.39 is 11.9 Å². The summed E-state index contributed by atoms with van der Waals surface area (Å²) < 4.78 is 23.2. The van der Waals surface area contributed by atoms with E-state index in [-0.39, 0.29) is 5.75 Å². The highest BCUT2D eigenvalue weighted by Gasteiger charge is 2.20. The van der Waals surface area contributed by atoms with Gasteiger partial charge in [0, 0.05) is 20.9 Å². The van der Waals surface area contributed by atoms with Crippen LogP contribution in [-0.4, -0.2) is 43.4 Å². The van der Waals surface area contributed by atoms with Gasteiger partial charge in [0.2, 0.25) is 0 Å². The van der Waals surface area contributed by atoms with Crippen LogP contribution in [0.3, 0.4) is 0 Å². The molecule has 10 heteroatoms. The lowest BCUT2D eigenvalue weighted by atomic mass is 10.0. The molecule has 44 heavy (non-hydrogen) atoms. The van der Waals surface area contributed by atoms with Gasteiger partial charge in [-0.15, -0.1) is 0 Å². The minimum atomic E-state index is -0.583. The summed E-state index contributed by atoms with van der Waals surface area (Å²) in [6, 6.07) is 25.3. The second kappa shape index (κ2) is 13.9. The summed E-state index contributed by atoms with van der Waals surface area (Å²) in [6.07, 6.45) is 1.48. The van der Waals surface area contributed by atoms with Gasteiger partial charge in [0.25, 0.3) is 5.91 Å². The van der Waals surface area contributed by atoms with Crippen LogP contribution in [0.5, 0.6) is 23.0 Å². The lowest BCUT2D eigenvalue weighted by molar-refractivity contribution is 0.0728. The predicted molar refractivity (Wildman–Crippen MR) is 173 cm³/mol. The first kappa shape index (κ1) is 30.4. The maximum absolute atomic E-state index is 13.3. The maximum atomic E-state index is 13.3. The van der Waals surface area contributed by atoms with Crippen molar-refractivity contribution in [3.05, 3.63) is 106 Å². The summed E-state index contributed by atoms with van der Waals surface area (Å²) in [5.74, 6) is 0.570. The number of hydrogen-bond acceptors (Lipinski definition) is 7. The van der Waals surface area contributed by atoms with Crippen LogP contribution in [0.15, 0.2) is 94.5 Å². The Morgan fingerprint density at radius 3 is 2.36 bits per heavy atom. The largest absolute Gasteiger partial charge is 0.493 e. The molecule has 224 valence electrons. The molecule has 0 saturated carbocycles. The molecule has 0 bridgehead atoms. The molecule has 0 atom stereocenters. The van der Waals surface area contributed by atoms with E-state index in [0.717, 1.165) is 26.5 Å². The number of carbonyl (C=O) groups excluding carboxylic acids is 2. The van der Waals surface area contributed by atoms with E-state index in [1.54, 1.807) is 36.4 Å². The molecule has 0 aliphatic carbocycles. The van der Waals surface area contributed by atoms with Gasteiger partial charge in [0.1, 0.15) is 5.69 Å². The summed E-state index contributed by atoms with van der Waals surface area (Å²) in [5, 5.41) is 5.07. The molecule has 9 nitrogen and oxygen atoms in total. The standard InChI is InChI=1S/C34H30BrN3O6/c1-4-42-27-16-12-23(18-30(27)43-5-2)34(40)44-28-15-11-21(17-29(28)41-3)20-36-38-33(39)32-31(22-9-7-6-8-10-22)25-19-24(35)13-14-26(25)37-32/h6-20,37H,4-5H2,1-3H3,(H,38,39). The van der Waals surface area contributed by atoms with E-state index in [9.17, 15) is 9.59 Å². The van der Waals surface area contributed by atoms with Crippen LogP contribution in [0.4, 0.5) is 0 Å². The summed E-state index contributed by atoms with van der Waals surface area (Å²) in [4.78, 5) is 29.4. The number of halogens is 1. The van der Waals surface area contributed by atoms with Crippen molar-refractivity contribution in [1.29, 1.82) is 0 Å². The fourth-order valence-corrected chi connectivity index (χ4v) is 5.01. The number of nitrogens with one attached hydrogen (secondary N) is 2. The Morgan fingerprint density at radius 1 is 0.864 bits per heavy atom. The van der Waals surface area contributed by atoms with Crippen LogP contribution in [0, 0.1) is 0 Å². The quantitative estimate of drug-likeness (QED) is 0.0664. The molecule has 0 aliphatic heterocycles. The van der Waals surface area contributed by atoms with Crippen molar-refractivity contribution >= 4 is 44.9 Å². The Labute approximate surface area is 262 Å². The van der Waals surface area contributed by atoms with Gasteiger partial charge in [-0.1, -0.05) is 46.3 Å². The number of benzene rings is 4. The summed E-state index contributed by atoms with van der Waals surface area (Å²) >= 11 is 3.53. The Balaban J connectivity index is 1.32. The van der Waals surface area contributed by atoms with Crippen molar-refractivity contribution in [3.63, 3.8) is 0 Å². The number of nitrogens with zero attached hydrogens (tertiary/aromatic N) is 1. The van der Waals surface area contributed by atoms with Gasteiger partial charge >= 0.3 is 5.97 Å². The van der Waals surface area contributed by atoms with Crippen molar-refractivity contribution in [1.82, 2.24) is 10.4 Å². The molecule has 1 amide bonds. The van der Waals surface area contributed by atoms with E-state index in [2.05, 4.69) is 31.4 Å². The van der Waals surface area contributed by atoms with Crippen LogP contribution >= 0.6 is 15.9 Å². The van der Waals surface area contributed by atoms with Crippen molar-refractivity contribution in [2.45, 2.75) is 13.8 Å². The van der Waals surface area contributed by atoms with E-state index >= 15 is 0 Å². The zero-order chi connectivity index (χ0) is 31.1. The molecule has 1 aromatic heterocycles. The molecule has 0 radical (unpaired) electrons. The topological polar surface area (TPSA) is 111 Å². The minimum absolute atomic E-state index is 0.224. The summed E-state index contributed by atoms with van der Waals surface area (Å²) in [5.41, 5.74) is 6.43. The SMILES string of the molecule is CCOc1ccc(C(=O)Oc2ccc(C=NNC(=O)c3[nH]c4ccc(Br)cc4c3-c3ccccc3)cc2OC)cc1OCC. The van der Waals surface area contributed by atoms with Crippen molar-refractivity contribution < 1.29 is 28.5 Å². The van der Waals surface area contributed by atoms with Gasteiger partial charge < -0.3 is 23.9 Å². The maximum Gasteiger partial charge on any atom is 0.343 e. The number of aromatic nitrogens is 1. The average molecular weight is 657 g/mol. The molecule has 4 aromatic carbocycles. The number of hydrogen-bond donors (Lipinski definition) is 2. The summed E-state index contributed by atoms with van der Waals surface area (Å²) in [6.45, 7) is 4.61. The minimum Gasteiger partial charge on any atom is -0.493 e. The normalized spacial score (nSPS) is 11.0. The van der Waals surface area contributed by atoms with Gasteiger partial charge in [-0.3, -0.25) is 4.79 Å². The van der Waals surface area contributed by atoms with Crippen molar-refractivity contribution in [2.24, 2.45) is 5.10 Å². The zero-order valence-corrected chi connectivity index (χ0v) is 25.9. The van der Waals surface area contributed by atoms with Crippen molar-refractivity contribution in [3.8, 4) is 34.1 Å². The zero-order valence-electron chi connectivity index (χ0n) is 24.3. The lowest BCUT2D eigenvalue weighted by Crippen LogP contribution is -2.18. The van der Waals surface area contributed by atoms with Crippen LogP contribution in [0.1, 0.15) is 40.3 Å². The molecule has 5 aromatic rings. The molecule has 0 aliphatic rings. The number of ether oxygens (including phenoxy) is 4. The third-order valence-electron chi connectivity index (χ3n) is 6.60. The van der Waals surface area contributed by atoms with E-state index in [1.807, 2.05) is 62.4 Å². The lowest BCUT2D eigenvalue weighted by Gasteiger charge is -2.13. The Kier molecular flexibility index (Phi) is 9.61. The number of H-pyrrole nitrogens is 1. The molecule has 0 fully saturated rings. The Morgan fingerprint density at radius 2 is 1.61 bits per heavy atom. The van der Waals surface area contributed by atoms with Crippen molar-refractivity contribution in [2.75, 3.05) is 20.3 Å². The fourth-order valence-electron chi connectivity index (χ4n) is 4.65. The molecular formula is C34H30BrN3O6. The third kappa shape index (κ3) is 6.76. The third-order valence-corrected chi connectivity index (χ3v) is 7.09. The number of methoxy groups -OCH3 is 1. The van der Waals surface area contributed by atoms with E-state index in [1.165, 1.54) is 13.3 Å². The highest BCUT2D eigenvalue weighted by atomic mass is 79.9. The predicted octanol–water partition coefficient (Wildman–Crippen LogP) is 7.39. The number of rotatable bonds is 11. The number of aromatic amines is 1. The molecule has 2 N–H and O–H groups in total. The van der Waals surface area contributed by atoms with E-state index in [4.69, 9.17) is 18.9 Å². The average Bonchev–Trinajstić information content (AvgIpc) is 3.42. The molecule has 0 spiro atoms. The second-order valence-corrected chi connectivity index (χ2v) is 10.4. The molecule has 0 saturated heterocycles. The Hall–Kier alpha value is -5.09. The highest BCUT2D eigenvalue weighted by Crippen LogP contribution is 2.34. The molecule has 1 heterocycles. The monoisotopic (exact) mass is 655 g/mol. The van der Waals surface area contributed by atoms with Crippen LogP contribution < -0.4 is 24.4 Å². The van der Waals surface area contributed by atoms with Crippen LogP contribution in [0.2, 0.25) is 0 Å². The number of esters is 1. The fraction of sp³-hybridized carbons (Fsp3) is 0.147. The number of amides is 1.